The Morgan fingerprint density at radius 2 is 2.04 bits per heavy atom. The molecule has 0 aliphatic carbocycles. The first-order chi connectivity index (χ1) is 11.1. The van der Waals surface area contributed by atoms with E-state index >= 15 is 0 Å². The topological polar surface area (TPSA) is 53.7 Å². The predicted octanol–water partition coefficient (Wildman–Crippen LogP) is 2.58. The summed E-state index contributed by atoms with van der Waals surface area (Å²) in [7, 11) is 0. The van der Waals surface area contributed by atoms with E-state index in [1.165, 1.54) is 11.1 Å². The van der Waals surface area contributed by atoms with E-state index < -0.39 is 0 Å². The Balaban J connectivity index is 1.82. The molecule has 0 amide bonds. The number of nitrogens with zero attached hydrogens (tertiary/aromatic N) is 4. The van der Waals surface area contributed by atoms with E-state index in [1.54, 1.807) is 6.20 Å². The van der Waals surface area contributed by atoms with Gasteiger partial charge in [0.25, 0.3) is 0 Å². The van der Waals surface area contributed by atoms with Gasteiger partial charge in [-0.2, -0.15) is 0 Å². The minimum absolute atomic E-state index is 0.272. The largest absolute Gasteiger partial charge is 0.391 e. The van der Waals surface area contributed by atoms with Gasteiger partial charge >= 0.3 is 0 Å². The van der Waals surface area contributed by atoms with E-state index in [0.29, 0.717) is 6.54 Å². The Hall–Kier alpha value is -2.40. The molecule has 23 heavy (non-hydrogen) atoms. The van der Waals surface area contributed by atoms with Crippen LogP contribution in [-0.4, -0.2) is 38.7 Å². The van der Waals surface area contributed by atoms with Gasteiger partial charge in [0, 0.05) is 31.0 Å². The van der Waals surface area contributed by atoms with Crippen molar-refractivity contribution in [3.63, 3.8) is 0 Å². The van der Waals surface area contributed by atoms with Gasteiger partial charge in [0.15, 0.2) is 11.5 Å². The van der Waals surface area contributed by atoms with Crippen molar-refractivity contribution in [1.29, 1.82) is 0 Å². The number of β-amino-alcohol motifs (C(OH)–C–C–N with tert-alkyl or cyclic N) is 1. The minimum Gasteiger partial charge on any atom is -0.391 e. The van der Waals surface area contributed by atoms with Crippen LogP contribution < -0.4 is 4.90 Å². The average molecular weight is 308 g/mol. The molecule has 0 radical (unpaired) electrons. The second kappa shape index (κ2) is 5.35. The maximum atomic E-state index is 9.78. The number of anilines is 1. The summed E-state index contributed by atoms with van der Waals surface area (Å²) in [6.45, 7) is 5.69. The molecule has 5 nitrogen and oxygen atoms in total. The smallest absolute Gasteiger partial charge is 0.180 e. The average Bonchev–Trinajstić information content (AvgIpc) is 3.16. The molecule has 3 aromatic rings. The standard InChI is InChI=1S/C18H20N4O/c1-12-3-4-14(9-13(12)2)16-10-20-18-17(19-6-8-22(16)18)21-7-5-15(23)11-21/h3-4,6,8-10,15,23H,5,7,11H2,1-2H3. The second-order valence-corrected chi connectivity index (χ2v) is 6.28. The fraction of sp³-hybridized carbons (Fsp3) is 0.333. The third kappa shape index (κ3) is 2.37. The van der Waals surface area contributed by atoms with Gasteiger partial charge in [-0.3, -0.25) is 4.40 Å². The molecule has 5 heteroatoms. The predicted molar refractivity (Wildman–Crippen MR) is 90.7 cm³/mol. The fourth-order valence-corrected chi connectivity index (χ4v) is 3.18. The molecule has 3 heterocycles. The summed E-state index contributed by atoms with van der Waals surface area (Å²) in [5.74, 6) is 0.846. The van der Waals surface area contributed by atoms with Crippen LogP contribution in [0.1, 0.15) is 17.5 Å². The van der Waals surface area contributed by atoms with Crippen molar-refractivity contribution in [1.82, 2.24) is 14.4 Å². The van der Waals surface area contributed by atoms with E-state index in [4.69, 9.17) is 0 Å². The van der Waals surface area contributed by atoms with Gasteiger partial charge in [-0.05, 0) is 37.5 Å². The van der Waals surface area contributed by atoms with Crippen LogP contribution in [-0.2, 0) is 0 Å². The Kier molecular flexibility index (Phi) is 3.31. The number of aryl methyl sites for hydroxylation is 2. The summed E-state index contributed by atoms with van der Waals surface area (Å²) >= 11 is 0. The molecule has 118 valence electrons. The molecule has 0 saturated carbocycles. The van der Waals surface area contributed by atoms with Gasteiger partial charge < -0.3 is 10.0 Å². The highest BCUT2D eigenvalue weighted by Gasteiger charge is 2.24. The molecular weight excluding hydrogens is 288 g/mol. The van der Waals surface area contributed by atoms with Crippen LogP contribution in [0.2, 0.25) is 0 Å². The van der Waals surface area contributed by atoms with Crippen molar-refractivity contribution in [3.05, 3.63) is 47.9 Å². The summed E-state index contributed by atoms with van der Waals surface area (Å²) < 4.78 is 2.08. The Labute approximate surface area is 135 Å². The van der Waals surface area contributed by atoms with Crippen molar-refractivity contribution < 1.29 is 5.11 Å². The lowest BCUT2D eigenvalue weighted by Gasteiger charge is -2.17. The highest BCUT2D eigenvalue weighted by atomic mass is 16.3. The molecule has 1 saturated heterocycles. The Morgan fingerprint density at radius 1 is 1.17 bits per heavy atom. The van der Waals surface area contributed by atoms with Crippen molar-refractivity contribution in [2.75, 3.05) is 18.0 Å². The number of aromatic nitrogens is 3. The number of aliphatic hydroxyl groups excluding tert-OH is 1. The fourth-order valence-electron chi connectivity index (χ4n) is 3.18. The molecule has 1 atom stereocenters. The molecular formula is C18H20N4O. The normalized spacial score (nSPS) is 18.0. The van der Waals surface area contributed by atoms with Crippen LogP contribution in [0.5, 0.6) is 0 Å². The Morgan fingerprint density at radius 3 is 2.78 bits per heavy atom. The van der Waals surface area contributed by atoms with Gasteiger partial charge in [-0.25, -0.2) is 9.97 Å². The number of hydrogen-bond acceptors (Lipinski definition) is 4. The second-order valence-electron chi connectivity index (χ2n) is 6.28. The quantitative estimate of drug-likeness (QED) is 0.790. The summed E-state index contributed by atoms with van der Waals surface area (Å²) in [5, 5.41) is 9.78. The molecule has 1 aromatic carbocycles. The first kappa shape index (κ1) is 14.2. The van der Waals surface area contributed by atoms with Crippen LogP contribution in [0.25, 0.3) is 16.9 Å². The molecule has 1 fully saturated rings. The lowest BCUT2D eigenvalue weighted by atomic mass is 10.0. The number of benzene rings is 1. The van der Waals surface area contributed by atoms with Gasteiger partial charge in [-0.15, -0.1) is 0 Å². The molecule has 0 spiro atoms. The zero-order chi connectivity index (χ0) is 16.0. The first-order valence-electron chi connectivity index (χ1n) is 7.96. The van der Waals surface area contributed by atoms with Gasteiger partial charge in [-0.1, -0.05) is 12.1 Å². The number of aliphatic hydroxyl groups is 1. The van der Waals surface area contributed by atoms with Crippen molar-refractivity contribution in [2.45, 2.75) is 26.4 Å². The number of rotatable bonds is 2. The van der Waals surface area contributed by atoms with E-state index in [-0.39, 0.29) is 6.10 Å². The number of fused-ring (bicyclic) bond motifs is 1. The van der Waals surface area contributed by atoms with Gasteiger partial charge in [0.2, 0.25) is 0 Å². The maximum Gasteiger partial charge on any atom is 0.180 e. The summed E-state index contributed by atoms with van der Waals surface area (Å²) in [6, 6.07) is 6.47. The molecule has 1 aliphatic heterocycles. The van der Waals surface area contributed by atoms with Crippen LogP contribution in [0.3, 0.4) is 0 Å². The van der Waals surface area contributed by atoms with Gasteiger partial charge in [0.05, 0.1) is 18.0 Å². The summed E-state index contributed by atoms with van der Waals surface area (Å²) in [6.07, 6.45) is 6.17. The van der Waals surface area contributed by atoms with Crippen molar-refractivity contribution in [3.8, 4) is 11.3 Å². The van der Waals surface area contributed by atoms with Crippen LogP contribution in [0.15, 0.2) is 36.8 Å². The number of hydrogen-bond donors (Lipinski definition) is 1. The van der Waals surface area contributed by atoms with Crippen molar-refractivity contribution >= 4 is 11.5 Å². The number of imidazole rings is 1. The van der Waals surface area contributed by atoms with Crippen molar-refractivity contribution in [2.24, 2.45) is 0 Å². The van der Waals surface area contributed by atoms with Crippen LogP contribution in [0.4, 0.5) is 5.82 Å². The molecule has 1 unspecified atom stereocenters. The highest BCUT2D eigenvalue weighted by Crippen LogP contribution is 2.28. The molecule has 0 bridgehead atoms. The zero-order valence-electron chi connectivity index (χ0n) is 13.4. The first-order valence-corrected chi connectivity index (χ1v) is 7.96. The molecule has 1 N–H and O–H groups in total. The van der Waals surface area contributed by atoms with E-state index in [0.717, 1.165) is 35.7 Å². The highest BCUT2D eigenvalue weighted by molar-refractivity contribution is 5.72. The van der Waals surface area contributed by atoms with Crippen LogP contribution in [0, 0.1) is 13.8 Å². The molecule has 4 rings (SSSR count). The van der Waals surface area contributed by atoms with E-state index in [9.17, 15) is 5.11 Å². The lowest BCUT2D eigenvalue weighted by molar-refractivity contribution is 0.198. The summed E-state index contributed by atoms with van der Waals surface area (Å²) in [5.41, 5.74) is 5.62. The minimum atomic E-state index is -0.272. The van der Waals surface area contributed by atoms with E-state index in [2.05, 4.69) is 51.3 Å². The third-order valence-corrected chi connectivity index (χ3v) is 4.67. The SMILES string of the molecule is Cc1ccc(-c2cnc3c(N4CCC(O)C4)nccn23)cc1C. The molecule has 2 aromatic heterocycles. The summed E-state index contributed by atoms with van der Waals surface area (Å²) in [4.78, 5) is 11.2. The third-order valence-electron chi connectivity index (χ3n) is 4.67. The lowest BCUT2D eigenvalue weighted by Crippen LogP contribution is -2.23. The molecule has 1 aliphatic rings. The maximum absolute atomic E-state index is 9.78. The van der Waals surface area contributed by atoms with Crippen LogP contribution >= 0.6 is 0 Å². The zero-order valence-corrected chi connectivity index (χ0v) is 13.4. The Bertz CT molecular complexity index is 871. The van der Waals surface area contributed by atoms with Gasteiger partial charge in [0.1, 0.15) is 0 Å². The van der Waals surface area contributed by atoms with E-state index in [1.807, 2.05) is 12.4 Å². The monoisotopic (exact) mass is 308 g/mol.